The average Bonchev–Trinajstić information content (AvgIpc) is 2.75. The number of nitrogens with zero attached hydrogens (tertiary/aromatic N) is 1. The molecule has 0 amide bonds. The van der Waals surface area contributed by atoms with Gasteiger partial charge in [-0.2, -0.15) is 13.2 Å². The van der Waals surface area contributed by atoms with Crippen molar-refractivity contribution >= 4 is 5.84 Å². The molecule has 4 nitrogen and oxygen atoms in total. The van der Waals surface area contributed by atoms with Crippen LogP contribution in [0.2, 0.25) is 0 Å². The number of alkyl halides is 3. The van der Waals surface area contributed by atoms with Crippen molar-refractivity contribution in [3.63, 3.8) is 0 Å². The first-order valence-corrected chi connectivity index (χ1v) is 5.74. The summed E-state index contributed by atoms with van der Waals surface area (Å²) in [5.74, 6) is 0.936. The Morgan fingerprint density at radius 3 is 2.67 bits per heavy atom. The molecule has 102 valence electrons. The average molecular weight is 262 g/mol. The van der Waals surface area contributed by atoms with Crippen LogP contribution in [0.4, 0.5) is 13.2 Å². The van der Waals surface area contributed by atoms with E-state index in [1.807, 2.05) is 13.8 Å². The van der Waals surface area contributed by atoms with Crippen molar-refractivity contribution in [2.75, 3.05) is 6.54 Å². The van der Waals surface area contributed by atoms with Crippen LogP contribution in [0.3, 0.4) is 0 Å². The Bertz CT molecular complexity index is 382. The van der Waals surface area contributed by atoms with Crippen LogP contribution in [0.5, 0.6) is 0 Å². The molecule has 2 aliphatic heterocycles. The summed E-state index contributed by atoms with van der Waals surface area (Å²) in [5, 5.41) is 8.05. The van der Waals surface area contributed by atoms with Crippen LogP contribution in [0.15, 0.2) is 28.7 Å². The second-order valence-corrected chi connectivity index (χ2v) is 3.54. The Hall–Kier alpha value is -1.66. The van der Waals surface area contributed by atoms with E-state index in [0.717, 1.165) is 0 Å². The molecule has 0 saturated carbocycles. The number of nitrogens with one attached hydrogen (secondary N) is 3. The number of fused-ring (bicyclic) bond motifs is 1. The lowest BCUT2D eigenvalue weighted by Crippen LogP contribution is -2.42. The van der Waals surface area contributed by atoms with Crippen molar-refractivity contribution in [3.05, 3.63) is 23.7 Å². The van der Waals surface area contributed by atoms with Crippen molar-refractivity contribution in [3.8, 4) is 0 Å². The van der Waals surface area contributed by atoms with E-state index in [2.05, 4.69) is 20.9 Å². The highest BCUT2D eigenvalue weighted by molar-refractivity contribution is 5.83. The first-order valence-electron chi connectivity index (χ1n) is 5.74. The molecule has 1 unspecified atom stereocenters. The summed E-state index contributed by atoms with van der Waals surface area (Å²) in [5.41, 5.74) is 0.690. The van der Waals surface area contributed by atoms with E-state index < -0.39 is 12.7 Å². The minimum absolute atomic E-state index is 0.281. The predicted octanol–water partition coefficient (Wildman–Crippen LogP) is 1.84. The highest BCUT2D eigenvalue weighted by Crippen LogP contribution is 2.19. The Balaban J connectivity index is 0.000000771. The number of amidine groups is 1. The second-order valence-electron chi connectivity index (χ2n) is 3.54. The van der Waals surface area contributed by atoms with Gasteiger partial charge in [-0.1, -0.05) is 13.8 Å². The molecule has 0 spiro atoms. The summed E-state index contributed by atoms with van der Waals surface area (Å²) in [6, 6.07) is 0. The van der Waals surface area contributed by atoms with E-state index in [0.29, 0.717) is 17.2 Å². The molecule has 0 fully saturated rings. The normalized spacial score (nSPS) is 21.2. The summed E-state index contributed by atoms with van der Waals surface area (Å²) in [7, 11) is 0. The molecule has 0 bridgehead atoms. The van der Waals surface area contributed by atoms with Gasteiger partial charge in [-0.25, -0.2) is 4.99 Å². The van der Waals surface area contributed by atoms with Crippen LogP contribution in [-0.4, -0.2) is 24.7 Å². The Labute approximate surface area is 104 Å². The van der Waals surface area contributed by atoms with Crippen LogP contribution in [0.25, 0.3) is 0 Å². The van der Waals surface area contributed by atoms with Gasteiger partial charge >= 0.3 is 6.18 Å². The number of halogens is 3. The SMILES string of the molecule is CC.CC1=NC2NC=CC2=C(NCC(F)(F)F)N1. The zero-order chi connectivity index (χ0) is 13.8. The first kappa shape index (κ1) is 14.4. The van der Waals surface area contributed by atoms with Gasteiger partial charge in [-0.3, -0.25) is 0 Å². The first-order chi connectivity index (χ1) is 8.46. The molecular formula is C11H17F3N4. The zero-order valence-corrected chi connectivity index (χ0v) is 10.5. The topological polar surface area (TPSA) is 48.5 Å². The fourth-order valence-corrected chi connectivity index (χ4v) is 1.55. The van der Waals surface area contributed by atoms with Gasteiger partial charge in [0.25, 0.3) is 0 Å². The Kier molecular flexibility index (Phi) is 4.63. The van der Waals surface area contributed by atoms with Gasteiger partial charge in [-0.15, -0.1) is 0 Å². The summed E-state index contributed by atoms with van der Waals surface area (Å²) in [4.78, 5) is 4.19. The minimum Gasteiger partial charge on any atom is -0.366 e. The van der Waals surface area contributed by atoms with Gasteiger partial charge in [0.1, 0.15) is 24.4 Å². The molecule has 18 heavy (non-hydrogen) atoms. The van der Waals surface area contributed by atoms with Gasteiger partial charge in [0, 0.05) is 5.57 Å². The monoisotopic (exact) mass is 262 g/mol. The molecule has 0 aliphatic carbocycles. The van der Waals surface area contributed by atoms with Gasteiger partial charge in [0.15, 0.2) is 0 Å². The number of aliphatic imine (C=N–C) groups is 1. The van der Waals surface area contributed by atoms with E-state index >= 15 is 0 Å². The lowest BCUT2D eigenvalue weighted by atomic mass is 10.2. The molecule has 0 aromatic heterocycles. The molecule has 2 aliphatic rings. The van der Waals surface area contributed by atoms with Crippen molar-refractivity contribution in [1.29, 1.82) is 0 Å². The Morgan fingerprint density at radius 1 is 1.39 bits per heavy atom. The predicted molar refractivity (Wildman–Crippen MR) is 64.7 cm³/mol. The second kappa shape index (κ2) is 5.79. The largest absolute Gasteiger partial charge is 0.405 e. The van der Waals surface area contributed by atoms with Crippen LogP contribution in [0, 0.1) is 0 Å². The smallest absolute Gasteiger partial charge is 0.366 e. The maximum atomic E-state index is 12.1. The zero-order valence-electron chi connectivity index (χ0n) is 10.5. The molecule has 1 atom stereocenters. The van der Waals surface area contributed by atoms with E-state index in [4.69, 9.17) is 0 Å². The molecule has 0 radical (unpaired) electrons. The summed E-state index contributed by atoms with van der Waals surface area (Å²) >= 11 is 0. The summed E-state index contributed by atoms with van der Waals surface area (Å²) < 4.78 is 36.2. The quantitative estimate of drug-likeness (QED) is 0.711. The van der Waals surface area contributed by atoms with Gasteiger partial charge in [-0.05, 0) is 19.2 Å². The van der Waals surface area contributed by atoms with Gasteiger partial charge in [0.2, 0.25) is 0 Å². The summed E-state index contributed by atoms with van der Waals surface area (Å²) in [6.07, 6.45) is -1.15. The number of hydrogen-bond donors (Lipinski definition) is 3. The lowest BCUT2D eigenvalue weighted by molar-refractivity contribution is -0.123. The highest BCUT2D eigenvalue weighted by Gasteiger charge is 2.29. The van der Waals surface area contributed by atoms with Crippen molar-refractivity contribution in [2.45, 2.75) is 33.1 Å². The number of hydrogen-bond acceptors (Lipinski definition) is 4. The molecule has 0 aromatic carbocycles. The third-order valence-electron chi connectivity index (χ3n) is 2.19. The number of rotatable bonds is 2. The van der Waals surface area contributed by atoms with Crippen LogP contribution in [0.1, 0.15) is 20.8 Å². The minimum atomic E-state index is -4.23. The van der Waals surface area contributed by atoms with Crippen LogP contribution >= 0.6 is 0 Å². The standard InChI is InChI=1S/C9H11F3N4.C2H6/c1-5-15-7-6(2-3-13-7)8(16-5)14-4-9(10,11)12;1-2/h2-3,7,13-14H,4H2,1H3,(H,15,16);1-2H3. The third kappa shape index (κ3) is 3.68. The van der Waals surface area contributed by atoms with E-state index in [-0.39, 0.29) is 6.17 Å². The molecule has 0 saturated heterocycles. The fourth-order valence-electron chi connectivity index (χ4n) is 1.55. The van der Waals surface area contributed by atoms with Gasteiger partial charge < -0.3 is 16.0 Å². The van der Waals surface area contributed by atoms with Crippen LogP contribution < -0.4 is 16.0 Å². The van der Waals surface area contributed by atoms with E-state index in [1.165, 1.54) is 0 Å². The highest BCUT2D eigenvalue weighted by atomic mass is 19.4. The van der Waals surface area contributed by atoms with Crippen LogP contribution in [-0.2, 0) is 0 Å². The molecule has 2 rings (SSSR count). The maximum Gasteiger partial charge on any atom is 0.405 e. The summed E-state index contributed by atoms with van der Waals surface area (Å²) in [6.45, 7) is 4.64. The van der Waals surface area contributed by atoms with Crippen molar-refractivity contribution < 1.29 is 13.2 Å². The molecular weight excluding hydrogens is 245 g/mol. The third-order valence-corrected chi connectivity index (χ3v) is 2.19. The Morgan fingerprint density at radius 2 is 2.06 bits per heavy atom. The van der Waals surface area contributed by atoms with E-state index in [9.17, 15) is 13.2 Å². The molecule has 0 aromatic rings. The molecule has 2 heterocycles. The van der Waals surface area contributed by atoms with E-state index in [1.54, 1.807) is 19.2 Å². The molecule has 7 heteroatoms. The lowest BCUT2D eigenvalue weighted by Gasteiger charge is -2.23. The molecule has 3 N–H and O–H groups in total. The van der Waals surface area contributed by atoms with Crippen molar-refractivity contribution in [2.24, 2.45) is 4.99 Å². The van der Waals surface area contributed by atoms with Gasteiger partial charge in [0.05, 0.1) is 0 Å². The fraction of sp³-hybridized carbons (Fsp3) is 0.545. The maximum absolute atomic E-state index is 12.1. The van der Waals surface area contributed by atoms with Crippen molar-refractivity contribution in [1.82, 2.24) is 16.0 Å².